The number of amides is 2. The number of anilines is 1. The van der Waals surface area contributed by atoms with Gasteiger partial charge < -0.3 is 19.0 Å². The van der Waals surface area contributed by atoms with E-state index in [1.54, 1.807) is 17.6 Å². The van der Waals surface area contributed by atoms with Crippen LogP contribution in [0, 0.1) is 19.3 Å². The summed E-state index contributed by atoms with van der Waals surface area (Å²) in [5.41, 5.74) is 5.37. The first-order valence-electron chi connectivity index (χ1n) is 17.4. The molecule has 2 amide bonds. The Hall–Kier alpha value is -3.99. The number of furan rings is 1. The average Bonchev–Trinajstić information content (AvgIpc) is 3.58. The van der Waals surface area contributed by atoms with E-state index in [9.17, 15) is 9.59 Å². The molecule has 3 atom stereocenters. The minimum Gasteiger partial charge on any atom is -0.492 e. The summed E-state index contributed by atoms with van der Waals surface area (Å²) in [6, 6.07) is 13.5. The molecular formula is C39H46ClN5O4S. The van der Waals surface area contributed by atoms with Crippen molar-refractivity contribution in [3.63, 3.8) is 0 Å². The summed E-state index contributed by atoms with van der Waals surface area (Å²) in [5.74, 6) is 0.278. The van der Waals surface area contributed by atoms with Gasteiger partial charge in [0.05, 0.1) is 35.3 Å². The molecule has 2 unspecified atom stereocenters. The molecule has 50 heavy (non-hydrogen) atoms. The summed E-state index contributed by atoms with van der Waals surface area (Å²) in [5, 5.41) is 14.1. The quantitative estimate of drug-likeness (QED) is 0.0919. The van der Waals surface area contributed by atoms with Crippen molar-refractivity contribution in [3.05, 3.63) is 80.9 Å². The molecular weight excluding hydrogens is 670 g/mol. The molecule has 0 aliphatic carbocycles. The molecule has 4 heterocycles. The van der Waals surface area contributed by atoms with E-state index in [4.69, 9.17) is 31.2 Å². The predicted molar refractivity (Wildman–Crippen MR) is 203 cm³/mol. The van der Waals surface area contributed by atoms with Gasteiger partial charge in [-0.2, -0.15) is 0 Å². The Labute approximate surface area is 303 Å². The summed E-state index contributed by atoms with van der Waals surface area (Å²) in [7, 11) is 2.10. The molecule has 0 radical (unpaired) electrons. The largest absolute Gasteiger partial charge is 0.492 e. The molecule has 2 aromatic heterocycles. The standard InChI is InChI=1S/C39H46ClN5O4S/c1-7-17-39(5)33(42-36(26-8-10-27(40)11-9-26)35-23(2)24(3)50-38(35)45(39)25(4)41)16-18-44(6)19-20-48-28-12-14-32-30(21-28)31(22-49-32)29-13-15-34(46)43-37(29)47/h8-12,14,21-22,29,33,41H,7,13,15-20H2,1-6H3,(H,43,46,47)/t29?,33-,39?/m0/s1. The van der Waals surface area contributed by atoms with Crippen LogP contribution in [0.1, 0.15) is 85.9 Å². The fraction of sp³-hybridized carbons (Fsp3) is 0.436. The number of aliphatic imine (C=N–C) groups is 1. The molecule has 2 aliphatic heterocycles. The Kier molecular flexibility index (Phi) is 10.5. The van der Waals surface area contributed by atoms with Gasteiger partial charge in [0.1, 0.15) is 22.9 Å². The van der Waals surface area contributed by atoms with E-state index in [-0.39, 0.29) is 17.9 Å². The third-order valence-electron chi connectivity index (χ3n) is 10.2. The van der Waals surface area contributed by atoms with Crippen LogP contribution < -0.4 is 15.0 Å². The number of fused-ring (bicyclic) bond motifs is 2. The number of rotatable bonds is 11. The summed E-state index contributed by atoms with van der Waals surface area (Å²) < 4.78 is 11.9. The minimum atomic E-state index is -0.424. The van der Waals surface area contributed by atoms with E-state index >= 15 is 0 Å². The van der Waals surface area contributed by atoms with Crippen molar-refractivity contribution in [1.82, 2.24) is 10.2 Å². The molecule has 2 N–H and O–H groups in total. The maximum atomic E-state index is 12.5. The molecule has 264 valence electrons. The third kappa shape index (κ3) is 6.98. The van der Waals surface area contributed by atoms with E-state index in [1.165, 1.54) is 10.4 Å². The monoisotopic (exact) mass is 715 g/mol. The maximum absolute atomic E-state index is 12.5. The Bertz CT molecular complexity index is 1950. The lowest BCUT2D eigenvalue weighted by atomic mass is 9.83. The molecule has 2 aliphatic rings. The van der Waals surface area contributed by atoms with Crippen LogP contribution in [0.2, 0.25) is 5.02 Å². The van der Waals surface area contributed by atoms with E-state index in [2.05, 4.69) is 62.0 Å². The van der Waals surface area contributed by atoms with Gasteiger partial charge in [0.25, 0.3) is 0 Å². The second-order valence-electron chi connectivity index (χ2n) is 13.8. The van der Waals surface area contributed by atoms with Gasteiger partial charge in [0.15, 0.2) is 0 Å². The zero-order valence-electron chi connectivity index (χ0n) is 29.7. The van der Waals surface area contributed by atoms with Crippen LogP contribution in [-0.4, -0.2) is 66.6 Å². The molecule has 2 aromatic carbocycles. The van der Waals surface area contributed by atoms with Gasteiger partial charge in [0, 0.05) is 51.5 Å². The summed E-state index contributed by atoms with van der Waals surface area (Å²) in [6.45, 7) is 12.7. The molecule has 0 saturated carbocycles. The number of piperidine rings is 1. The highest BCUT2D eigenvalue weighted by Gasteiger charge is 2.45. The number of hydrogen-bond acceptors (Lipinski definition) is 8. The lowest BCUT2D eigenvalue weighted by Crippen LogP contribution is -2.56. The van der Waals surface area contributed by atoms with Crippen molar-refractivity contribution in [2.24, 2.45) is 4.99 Å². The lowest BCUT2D eigenvalue weighted by molar-refractivity contribution is -0.134. The highest BCUT2D eigenvalue weighted by atomic mass is 35.5. The van der Waals surface area contributed by atoms with Crippen LogP contribution >= 0.6 is 22.9 Å². The number of carbonyl (C=O) groups is 2. The molecule has 6 rings (SSSR count). The molecule has 9 nitrogen and oxygen atoms in total. The Morgan fingerprint density at radius 2 is 1.96 bits per heavy atom. The lowest BCUT2D eigenvalue weighted by Gasteiger charge is -2.45. The van der Waals surface area contributed by atoms with E-state index in [1.807, 2.05) is 37.3 Å². The third-order valence-corrected chi connectivity index (χ3v) is 11.7. The number of likely N-dealkylation sites (N-methyl/N-ethyl adjacent to an activating group) is 1. The van der Waals surface area contributed by atoms with Crippen molar-refractivity contribution in [1.29, 1.82) is 5.41 Å². The molecule has 0 spiro atoms. The molecule has 1 fully saturated rings. The van der Waals surface area contributed by atoms with E-state index in [0.717, 1.165) is 58.6 Å². The first-order chi connectivity index (χ1) is 23.9. The summed E-state index contributed by atoms with van der Waals surface area (Å²) in [4.78, 5) is 35.6. The maximum Gasteiger partial charge on any atom is 0.234 e. The van der Waals surface area contributed by atoms with Crippen LogP contribution in [0.4, 0.5) is 5.00 Å². The number of halogens is 1. The topological polar surface area (TPSA) is 111 Å². The van der Waals surface area contributed by atoms with Gasteiger partial charge in [-0.3, -0.25) is 25.3 Å². The minimum absolute atomic E-state index is 0.0784. The fourth-order valence-corrected chi connectivity index (χ4v) is 8.92. The van der Waals surface area contributed by atoms with Gasteiger partial charge in [-0.25, -0.2) is 0 Å². The average molecular weight is 716 g/mol. The number of benzene rings is 2. The van der Waals surface area contributed by atoms with Crippen LogP contribution in [-0.2, 0) is 9.59 Å². The van der Waals surface area contributed by atoms with Crippen LogP contribution in [0.15, 0.2) is 58.1 Å². The van der Waals surface area contributed by atoms with E-state index in [0.29, 0.717) is 48.2 Å². The fourth-order valence-electron chi connectivity index (χ4n) is 7.46. The normalized spacial score (nSPS) is 20.9. The summed E-state index contributed by atoms with van der Waals surface area (Å²) >= 11 is 8.07. The number of nitrogens with one attached hydrogen (secondary N) is 2. The zero-order chi connectivity index (χ0) is 35.7. The second kappa shape index (κ2) is 14.7. The van der Waals surface area contributed by atoms with Crippen molar-refractivity contribution in [3.8, 4) is 5.75 Å². The SMILES string of the molecule is CCCC1(C)[C@H](CCN(C)CCOc2ccc3occ(C4CCC(=O)NC4=O)c3c2)N=C(c2ccc(Cl)cc2)c2c(sc(C)c2C)N1C(C)=N. The number of aryl methyl sites for hydroxylation is 1. The molecule has 11 heteroatoms. The number of thiophene rings is 1. The highest BCUT2D eigenvalue weighted by molar-refractivity contribution is 7.17. The molecule has 4 aromatic rings. The van der Waals surface area contributed by atoms with Crippen LogP contribution in [0.5, 0.6) is 5.75 Å². The highest BCUT2D eigenvalue weighted by Crippen LogP contribution is 2.46. The van der Waals surface area contributed by atoms with Crippen molar-refractivity contribution in [2.75, 3.05) is 31.6 Å². The van der Waals surface area contributed by atoms with Crippen molar-refractivity contribution >= 4 is 62.3 Å². The van der Waals surface area contributed by atoms with Gasteiger partial charge in [-0.15, -0.1) is 11.3 Å². The zero-order valence-corrected chi connectivity index (χ0v) is 31.3. The van der Waals surface area contributed by atoms with Crippen LogP contribution in [0.3, 0.4) is 0 Å². The molecule has 0 bridgehead atoms. The number of imide groups is 1. The Morgan fingerprint density at radius 1 is 1.20 bits per heavy atom. The Balaban J connectivity index is 1.20. The second-order valence-corrected chi connectivity index (χ2v) is 15.4. The first-order valence-corrected chi connectivity index (χ1v) is 18.6. The van der Waals surface area contributed by atoms with Gasteiger partial charge in [-0.1, -0.05) is 37.1 Å². The van der Waals surface area contributed by atoms with Crippen LogP contribution in [0.25, 0.3) is 11.0 Å². The van der Waals surface area contributed by atoms with Gasteiger partial charge in [-0.05, 0) is 89.9 Å². The van der Waals surface area contributed by atoms with Gasteiger partial charge >= 0.3 is 0 Å². The number of ether oxygens (including phenoxy) is 1. The number of hydrogen-bond donors (Lipinski definition) is 2. The number of nitrogens with zero attached hydrogens (tertiary/aromatic N) is 3. The van der Waals surface area contributed by atoms with Crippen molar-refractivity contribution in [2.45, 2.75) is 84.2 Å². The van der Waals surface area contributed by atoms with Crippen molar-refractivity contribution < 1.29 is 18.7 Å². The number of amidine groups is 1. The predicted octanol–water partition coefficient (Wildman–Crippen LogP) is 8.27. The Morgan fingerprint density at radius 3 is 2.66 bits per heavy atom. The number of carbonyl (C=O) groups excluding carboxylic acids is 2. The molecule has 1 saturated heterocycles. The van der Waals surface area contributed by atoms with E-state index < -0.39 is 11.5 Å². The summed E-state index contributed by atoms with van der Waals surface area (Å²) in [6.07, 6.45) is 5.05. The van der Waals surface area contributed by atoms with Gasteiger partial charge in [0.2, 0.25) is 11.8 Å². The smallest absolute Gasteiger partial charge is 0.234 e. The first kappa shape index (κ1) is 35.8.